The van der Waals surface area contributed by atoms with Crippen molar-refractivity contribution in [2.45, 2.75) is 25.2 Å². The van der Waals surface area contributed by atoms with Crippen LogP contribution in [0.2, 0.25) is 0 Å². The Morgan fingerprint density at radius 3 is 2.80 bits per heavy atom. The van der Waals surface area contributed by atoms with Crippen molar-refractivity contribution in [3.8, 4) is 11.5 Å². The minimum atomic E-state index is 0.409. The lowest BCUT2D eigenvalue weighted by molar-refractivity contribution is 0.354. The summed E-state index contributed by atoms with van der Waals surface area (Å²) in [7, 11) is 3.29. The van der Waals surface area contributed by atoms with Gasteiger partial charge in [-0.3, -0.25) is 0 Å². The highest BCUT2D eigenvalue weighted by molar-refractivity contribution is 5.46. The van der Waals surface area contributed by atoms with Gasteiger partial charge in [-0.25, -0.2) is 0 Å². The number of hydrogen-bond donors (Lipinski definition) is 1. The Labute approximate surface area is 117 Å². The highest BCUT2D eigenvalue weighted by atomic mass is 16.5. The zero-order valence-electron chi connectivity index (χ0n) is 11.7. The van der Waals surface area contributed by atoms with E-state index >= 15 is 0 Å². The number of anilines is 1. The number of nitrogens with zero attached hydrogens (tertiary/aromatic N) is 1. The Hall–Kier alpha value is -2.17. The summed E-state index contributed by atoms with van der Waals surface area (Å²) in [6, 6.07) is 6.07. The maximum absolute atomic E-state index is 5.76. The van der Waals surface area contributed by atoms with Crippen LogP contribution >= 0.6 is 0 Å². The van der Waals surface area contributed by atoms with E-state index in [1.54, 1.807) is 14.2 Å². The van der Waals surface area contributed by atoms with Crippen molar-refractivity contribution in [3.63, 3.8) is 0 Å². The molecule has 0 saturated heterocycles. The van der Waals surface area contributed by atoms with Crippen LogP contribution in [0.3, 0.4) is 0 Å². The molecule has 3 rings (SSSR count). The third-order valence-electron chi connectivity index (χ3n) is 3.96. The molecule has 0 saturated carbocycles. The van der Waals surface area contributed by atoms with Crippen molar-refractivity contribution in [3.05, 3.63) is 35.0 Å². The molecule has 2 N–H and O–H groups in total. The van der Waals surface area contributed by atoms with Crippen molar-refractivity contribution in [1.82, 2.24) is 5.16 Å². The fourth-order valence-corrected chi connectivity index (χ4v) is 2.83. The van der Waals surface area contributed by atoms with E-state index in [1.165, 1.54) is 5.56 Å². The third kappa shape index (κ3) is 2.09. The van der Waals surface area contributed by atoms with Crippen LogP contribution in [0.4, 0.5) is 5.88 Å². The summed E-state index contributed by atoms with van der Waals surface area (Å²) in [6.07, 6.45) is 2.79. The van der Waals surface area contributed by atoms with Gasteiger partial charge in [0.15, 0.2) is 11.5 Å². The molecule has 1 aliphatic rings. The number of methoxy groups -OCH3 is 2. The van der Waals surface area contributed by atoms with E-state index in [0.29, 0.717) is 11.8 Å². The topological polar surface area (TPSA) is 70.5 Å². The number of nitrogens with two attached hydrogens (primary N) is 1. The maximum Gasteiger partial charge on any atom is 0.225 e. The van der Waals surface area contributed by atoms with Crippen LogP contribution in [-0.4, -0.2) is 19.4 Å². The summed E-state index contributed by atoms with van der Waals surface area (Å²) in [4.78, 5) is 0. The van der Waals surface area contributed by atoms with Crippen LogP contribution in [0, 0.1) is 0 Å². The van der Waals surface area contributed by atoms with Gasteiger partial charge in [0.05, 0.1) is 19.9 Å². The van der Waals surface area contributed by atoms with Crippen LogP contribution in [0.5, 0.6) is 11.5 Å². The summed E-state index contributed by atoms with van der Waals surface area (Å²) >= 11 is 0. The average Bonchev–Trinajstić information content (AvgIpc) is 2.87. The van der Waals surface area contributed by atoms with E-state index in [9.17, 15) is 0 Å². The molecule has 5 nitrogen and oxygen atoms in total. The largest absolute Gasteiger partial charge is 0.493 e. The SMILES string of the molecule is COc1ccc(C2CCc3c(noc3N)C2)cc1OC. The van der Waals surface area contributed by atoms with E-state index in [2.05, 4.69) is 11.2 Å². The first kappa shape index (κ1) is 12.8. The van der Waals surface area contributed by atoms with Gasteiger partial charge in [-0.05, 0) is 36.5 Å². The molecule has 106 valence electrons. The fourth-order valence-electron chi connectivity index (χ4n) is 2.83. The standard InChI is InChI=1S/C15H18N2O3/c1-18-13-6-4-10(8-14(13)19-2)9-3-5-11-12(7-9)17-20-15(11)16/h4,6,8-9H,3,5,7,16H2,1-2H3. The second-order valence-electron chi connectivity index (χ2n) is 5.03. The van der Waals surface area contributed by atoms with E-state index < -0.39 is 0 Å². The van der Waals surface area contributed by atoms with Crippen molar-refractivity contribution < 1.29 is 14.0 Å². The minimum absolute atomic E-state index is 0.409. The summed E-state index contributed by atoms with van der Waals surface area (Å²) in [6.45, 7) is 0. The Kier molecular flexibility index (Phi) is 3.26. The van der Waals surface area contributed by atoms with Gasteiger partial charge in [-0.2, -0.15) is 0 Å². The zero-order chi connectivity index (χ0) is 14.1. The lowest BCUT2D eigenvalue weighted by Crippen LogP contribution is -2.13. The Morgan fingerprint density at radius 2 is 2.05 bits per heavy atom. The zero-order valence-corrected chi connectivity index (χ0v) is 11.7. The highest BCUT2D eigenvalue weighted by Crippen LogP contribution is 2.37. The molecule has 2 aromatic rings. The monoisotopic (exact) mass is 274 g/mol. The molecule has 5 heteroatoms. The van der Waals surface area contributed by atoms with Crippen LogP contribution in [-0.2, 0) is 12.8 Å². The summed E-state index contributed by atoms with van der Waals surface area (Å²) in [5.41, 5.74) is 9.05. The van der Waals surface area contributed by atoms with Crippen molar-refractivity contribution in [1.29, 1.82) is 0 Å². The number of aromatic nitrogens is 1. The summed E-state index contributed by atoms with van der Waals surface area (Å²) in [5.74, 6) is 2.38. The van der Waals surface area contributed by atoms with Crippen LogP contribution in [0.15, 0.2) is 22.7 Å². The lowest BCUT2D eigenvalue weighted by atomic mass is 9.83. The van der Waals surface area contributed by atoms with Crippen LogP contribution < -0.4 is 15.2 Å². The predicted molar refractivity (Wildman–Crippen MR) is 75.2 cm³/mol. The van der Waals surface area contributed by atoms with Gasteiger partial charge >= 0.3 is 0 Å². The molecular formula is C15H18N2O3. The molecule has 0 aliphatic heterocycles. The van der Waals surface area contributed by atoms with Crippen molar-refractivity contribution in [2.75, 3.05) is 20.0 Å². The highest BCUT2D eigenvalue weighted by Gasteiger charge is 2.26. The number of ether oxygens (including phenoxy) is 2. The van der Waals surface area contributed by atoms with Crippen molar-refractivity contribution in [2.24, 2.45) is 0 Å². The van der Waals surface area contributed by atoms with Gasteiger partial charge in [0.1, 0.15) is 0 Å². The quantitative estimate of drug-likeness (QED) is 0.931. The summed E-state index contributed by atoms with van der Waals surface area (Å²) in [5, 5.41) is 4.05. The molecule has 0 fully saturated rings. The van der Waals surface area contributed by atoms with Gasteiger partial charge in [-0.15, -0.1) is 0 Å². The molecule has 0 amide bonds. The smallest absolute Gasteiger partial charge is 0.225 e. The number of benzene rings is 1. The predicted octanol–water partition coefficient (Wildman–Crippen LogP) is 2.55. The molecule has 1 heterocycles. The van der Waals surface area contributed by atoms with E-state index in [4.69, 9.17) is 19.7 Å². The number of fused-ring (bicyclic) bond motifs is 1. The molecule has 1 aromatic heterocycles. The molecular weight excluding hydrogens is 256 g/mol. The Balaban J connectivity index is 1.87. The molecule has 0 spiro atoms. The Bertz CT molecular complexity index is 622. The molecule has 1 aromatic carbocycles. The van der Waals surface area contributed by atoms with E-state index in [1.807, 2.05) is 12.1 Å². The van der Waals surface area contributed by atoms with Crippen LogP contribution in [0.25, 0.3) is 0 Å². The van der Waals surface area contributed by atoms with Gasteiger partial charge in [0.25, 0.3) is 0 Å². The first-order valence-electron chi connectivity index (χ1n) is 6.67. The second kappa shape index (κ2) is 5.07. The molecule has 20 heavy (non-hydrogen) atoms. The number of hydrogen-bond acceptors (Lipinski definition) is 5. The van der Waals surface area contributed by atoms with E-state index in [-0.39, 0.29) is 0 Å². The lowest BCUT2D eigenvalue weighted by Gasteiger charge is -2.22. The third-order valence-corrected chi connectivity index (χ3v) is 3.96. The first-order chi connectivity index (χ1) is 9.72. The fraction of sp³-hybridized carbons (Fsp3) is 0.400. The first-order valence-corrected chi connectivity index (χ1v) is 6.67. The summed E-state index contributed by atoms with van der Waals surface area (Å²) < 4.78 is 15.7. The van der Waals surface area contributed by atoms with Gasteiger partial charge < -0.3 is 19.7 Å². The number of nitrogen functional groups attached to an aromatic ring is 1. The molecule has 0 bridgehead atoms. The second-order valence-corrected chi connectivity index (χ2v) is 5.03. The molecule has 1 aliphatic carbocycles. The molecule has 0 radical (unpaired) electrons. The van der Waals surface area contributed by atoms with Gasteiger partial charge in [0.2, 0.25) is 5.88 Å². The maximum atomic E-state index is 5.76. The minimum Gasteiger partial charge on any atom is -0.493 e. The van der Waals surface area contributed by atoms with Gasteiger partial charge in [0, 0.05) is 12.0 Å². The Morgan fingerprint density at radius 1 is 1.25 bits per heavy atom. The van der Waals surface area contributed by atoms with E-state index in [0.717, 1.165) is 42.0 Å². The van der Waals surface area contributed by atoms with Gasteiger partial charge in [-0.1, -0.05) is 11.2 Å². The molecule has 1 unspecified atom stereocenters. The normalized spacial score (nSPS) is 17.6. The molecule has 1 atom stereocenters. The van der Waals surface area contributed by atoms with Crippen LogP contribution in [0.1, 0.15) is 29.2 Å². The van der Waals surface area contributed by atoms with Crippen molar-refractivity contribution >= 4 is 5.88 Å². The average molecular weight is 274 g/mol. The number of rotatable bonds is 3.